The zero-order chi connectivity index (χ0) is 22.1. The van der Waals surface area contributed by atoms with Crippen molar-refractivity contribution in [2.75, 3.05) is 56.7 Å². The highest BCUT2D eigenvalue weighted by Crippen LogP contribution is 2.19. The molecule has 2 aromatic rings. The van der Waals surface area contributed by atoms with E-state index in [2.05, 4.69) is 10.2 Å². The lowest BCUT2D eigenvalue weighted by Gasteiger charge is -2.28. The third-order valence-electron chi connectivity index (χ3n) is 4.96. The van der Waals surface area contributed by atoms with Crippen LogP contribution >= 0.6 is 0 Å². The van der Waals surface area contributed by atoms with Gasteiger partial charge in [-0.1, -0.05) is 12.1 Å². The second-order valence-corrected chi connectivity index (χ2v) is 7.33. The van der Waals surface area contributed by atoms with E-state index in [1.54, 1.807) is 25.2 Å². The number of halogens is 1. The van der Waals surface area contributed by atoms with E-state index < -0.39 is 5.82 Å². The van der Waals surface area contributed by atoms with Gasteiger partial charge in [0.25, 0.3) is 0 Å². The lowest BCUT2D eigenvalue weighted by atomic mass is 10.2. The molecule has 0 aliphatic carbocycles. The Morgan fingerprint density at radius 2 is 1.84 bits per heavy atom. The van der Waals surface area contributed by atoms with Gasteiger partial charge in [-0.05, 0) is 42.8 Å². The average Bonchev–Trinajstić information content (AvgIpc) is 2.78. The minimum atomic E-state index is -0.430. The van der Waals surface area contributed by atoms with Crippen molar-refractivity contribution in [1.29, 1.82) is 0 Å². The Labute approximate surface area is 181 Å². The van der Waals surface area contributed by atoms with Gasteiger partial charge < -0.3 is 24.6 Å². The molecule has 31 heavy (non-hydrogen) atoms. The number of nitrogens with one attached hydrogen (secondary N) is 1. The molecule has 0 unspecified atom stereocenters. The van der Waals surface area contributed by atoms with Crippen LogP contribution < -0.4 is 15.0 Å². The van der Waals surface area contributed by atoms with Crippen LogP contribution in [-0.2, 0) is 14.3 Å². The number of carbonyl (C=O) groups is 2. The molecule has 166 valence electrons. The first-order valence-corrected chi connectivity index (χ1v) is 10.4. The zero-order valence-corrected chi connectivity index (χ0v) is 17.7. The lowest BCUT2D eigenvalue weighted by Crippen LogP contribution is -2.36. The zero-order valence-electron chi connectivity index (χ0n) is 17.7. The quantitative estimate of drug-likeness (QED) is 0.621. The average molecular weight is 429 g/mol. The van der Waals surface area contributed by atoms with E-state index in [1.807, 2.05) is 24.3 Å². The summed E-state index contributed by atoms with van der Waals surface area (Å²) in [4.78, 5) is 28.1. The number of benzene rings is 2. The number of anilines is 2. The second kappa shape index (κ2) is 11.3. The van der Waals surface area contributed by atoms with Crippen LogP contribution in [-0.4, -0.2) is 63.2 Å². The Morgan fingerprint density at radius 1 is 1.13 bits per heavy atom. The molecule has 0 radical (unpaired) electrons. The first kappa shape index (κ1) is 22.6. The lowest BCUT2D eigenvalue weighted by molar-refractivity contribution is -0.133. The van der Waals surface area contributed by atoms with Crippen LogP contribution in [0.1, 0.15) is 12.8 Å². The van der Waals surface area contributed by atoms with Crippen molar-refractivity contribution in [3.63, 3.8) is 0 Å². The molecule has 1 fully saturated rings. The molecule has 1 aliphatic rings. The monoisotopic (exact) mass is 429 g/mol. The van der Waals surface area contributed by atoms with E-state index in [0.29, 0.717) is 25.3 Å². The van der Waals surface area contributed by atoms with Crippen LogP contribution in [0.4, 0.5) is 15.8 Å². The van der Waals surface area contributed by atoms with Crippen LogP contribution in [0.2, 0.25) is 0 Å². The molecule has 8 heteroatoms. The SMILES string of the molecule is CN(CC(=O)Nc1ccc(N2CCOCC2)cc1)C(=O)CCCOc1ccccc1F. The summed E-state index contributed by atoms with van der Waals surface area (Å²) < 4.78 is 24.2. The van der Waals surface area contributed by atoms with E-state index in [-0.39, 0.29) is 37.1 Å². The standard InChI is InChI=1S/C23H28FN3O4/c1-26(23(29)7-4-14-31-21-6-3-2-5-20(21)24)17-22(28)25-18-8-10-19(11-9-18)27-12-15-30-16-13-27/h2-3,5-6,8-11H,4,7,12-17H2,1H3,(H,25,28). The molecule has 3 rings (SSSR count). The largest absolute Gasteiger partial charge is 0.491 e. The van der Waals surface area contributed by atoms with Crippen molar-refractivity contribution < 1.29 is 23.5 Å². The molecule has 7 nitrogen and oxygen atoms in total. The van der Waals surface area contributed by atoms with E-state index in [9.17, 15) is 14.0 Å². The minimum Gasteiger partial charge on any atom is -0.491 e. The van der Waals surface area contributed by atoms with Gasteiger partial charge in [-0.15, -0.1) is 0 Å². The maximum absolute atomic E-state index is 13.5. The van der Waals surface area contributed by atoms with Crippen molar-refractivity contribution in [3.05, 3.63) is 54.3 Å². The maximum atomic E-state index is 13.5. The molecule has 2 amide bonds. The van der Waals surface area contributed by atoms with Crippen LogP contribution in [0.25, 0.3) is 0 Å². The molecule has 1 saturated heterocycles. The minimum absolute atomic E-state index is 0.0434. The maximum Gasteiger partial charge on any atom is 0.243 e. The van der Waals surface area contributed by atoms with E-state index in [1.165, 1.54) is 11.0 Å². The second-order valence-electron chi connectivity index (χ2n) is 7.33. The molecule has 0 spiro atoms. The van der Waals surface area contributed by atoms with E-state index in [4.69, 9.17) is 9.47 Å². The van der Waals surface area contributed by atoms with Crippen LogP contribution in [0, 0.1) is 5.82 Å². The van der Waals surface area contributed by atoms with Gasteiger partial charge in [-0.3, -0.25) is 9.59 Å². The van der Waals surface area contributed by atoms with Gasteiger partial charge in [-0.2, -0.15) is 0 Å². The molecular weight excluding hydrogens is 401 g/mol. The summed E-state index contributed by atoms with van der Waals surface area (Å²) in [5.41, 5.74) is 1.77. The fourth-order valence-electron chi connectivity index (χ4n) is 3.24. The molecule has 2 aromatic carbocycles. The number of rotatable bonds is 9. The number of hydrogen-bond donors (Lipinski definition) is 1. The third kappa shape index (κ3) is 6.96. The highest BCUT2D eigenvalue weighted by atomic mass is 19.1. The molecule has 1 heterocycles. The normalized spacial score (nSPS) is 13.5. The van der Waals surface area contributed by atoms with Gasteiger partial charge in [0.1, 0.15) is 0 Å². The number of nitrogens with zero attached hydrogens (tertiary/aromatic N) is 2. The van der Waals surface area contributed by atoms with Crippen molar-refractivity contribution in [1.82, 2.24) is 4.90 Å². The Bertz CT molecular complexity index is 869. The molecular formula is C23H28FN3O4. The van der Waals surface area contributed by atoms with Gasteiger partial charge in [0.2, 0.25) is 11.8 Å². The molecule has 0 aromatic heterocycles. The molecule has 1 N–H and O–H groups in total. The fraction of sp³-hybridized carbons (Fsp3) is 0.391. The number of morpholine rings is 1. The van der Waals surface area contributed by atoms with Gasteiger partial charge in [0, 0.05) is 37.9 Å². The summed E-state index contributed by atoms with van der Waals surface area (Å²) in [6.07, 6.45) is 0.647. The van der Waals surface area contributed by atoms with Crippen molar-refractivity contribution in [3.8, 4) is 5.75 Å². The summed E-state index contributed by atoms with van der Waals surface area (Å²) in [5, 5.41) is 2.81. The smallest absolute Gasteiger partial charge is 0.243 e. The molecule has 0 atom stereocenters. The predicted molar refractivity (Wildman–Crippen MR) is 117 cm³/mol. The number of carbonyl (C=O) groups excluding carboxylic acids is 2. The Balaban J connectivity index is 1.37. The number of para-hydroxylation sites is 1. The summed E-state index contributed by atoms with van der Waals surface area (Å²) >= 11 is 0. The van der Waals surface area contributed by atoms with Crippen molar-refractivity contribution in [2.45, 2.75) is 12.8 Å². The highest BCUT2D eigenvalue weighted by molar-refractivity contribution is 5.94. The van der Waals surface area contributed by atoms with Gasteiger partial charge in [-0.25, -0.2) is 4.39 Å². The fourth-order valence-corrected chi connectivity index (χ4v) is 3.24. The van der Waals surface area contributed by atoms with Crippen molar-refractivity contribution >= 4 is 23.2 Å². The summed E-state index contributed by atoms with van der Waals surface area (Å²) in [6, 6.07) is 13.8. The van der Waals surface area contributed by atoms with Crippen LogP contribution in [0.15, 0.2) is 48.5 Å². The summed E-state index contributed by atoms with van der Waals surface area (Å²) in [6.45, 7) is 3.32. The highest BCUT2D eigenvalue weighted by Gasteiger charge is 2.14. The molecule has 0 bridgehead atoms. The first-order valence-electron chi connectivity index (χ1n) is 10.4. The van der Waals surface area contributed by atoms with Gasteiger partial charge in [0.15, 0.2) is 11.6 Å². The Hall–Kier alpha value is -3.13. The van der Waals surface area contributed by atoms with Crippen LogP contribution in [0.5, 0.6) is 5.75 Å². The van der Waals surface area contributed by atoms with E-state index in [0.717, 1.165) is 18.8 Å². The Kier molecular flexibility index (Phi) is 8.23. The summed E-state index contributed by atoms with van der Waals surface area (Å²) in [5.74, 6) is -0.699. The Morgan fingerprint density at radius 3 is 2.55 bits per heavy atom. The topological polar surface area (TPSA) is 71.1 Å². The predicted octanol–water partition coefficient (Wildman–Crippen LogP) is 2.92. The molecule has 0 saturated carbocycles. The summed E-state index contributed by atoms with van der Waals surface area (Å²) in [7, 11) is 1.58. The number of amides is 2. The van der Waals surface area contributed by atoms with Gasteiger partial charge in [0.05, 0.1) is 26.4 Å². The third-order valence-corrected chi connectivity index (χ3v) is 4.96. The molecule has 1 aliphatic heterocycles. The van der Waals surface area contributed by atoms with E-state index >= 15 is 0 Å². The number of hydrogen-bond acceptors (Lipinski definition) is 5. The number of likely N-dealkylation sites (N-methyl/N-ethyl adjacent to an activating group) is 1. The van der Waals surface area contributed by atoms with Gasteiger partial charge >= 0.3 is 0 Å². The number of ether oxygens (including phenoxy) is 2. The first-order chi connectivity index (χ1) is 15.0. The van der Waals surface area contributed by atoms with Crippen molar-refractivity contribution in [2.24, 2.45) is 0 Å². The van der Waals surface area contributed by atoms with Crippen LogP contribution in [0.3, 0.4) is 0 Å².